The number of aliphatic carboxylic acids is 1. The first-order valence-electron chi connectivity index (χ1n) is 7.24. The van der Waals surface area contributed by atoms with Crippen molar-refractivity contribution in [3.8, 4) is 11.1 Å². The molecule has 2 atom stereocenters. The van der Waals surface area contributed by atoms with E-state index in [1.807, 2.05) is 24.3 Å². The van der Waals surface area contributed by atoms with Gasteiger partial charge in [-0.05, 0) is 47.6 Å². The van der Waals surface area contributed by atoms with Crippen molar-refractivity contribution in [2.45, 2.75) is 25.2 Å². The summed E-state index contributed by atoms with van der Waals surface area (Å²) in [6, 6.07) is 16.0. The molecule has 0 heterocycles. The van der Waals surface area contributed by atoms with Crippen molar-refractivity contribution in [3.05, 3.63) is 59.1 Å². The molecule has 1 aliphatic carbocycles. The smallest absolute Gasteiger partial charge is 0.307 e. The minimum absolute atomic E-state index is 0.154. The lowest BCUT2D eigenvalue weighted by Gasteiger charge is -2.16. The Balaban J connectivity index is 1.84. The van der Waals surface area contributed by atoms with Gasteiger partial charge in [-0.2, -0.15) is 0 Å². The number of benzene rings is 2. The zero-order valence-corrected chi connectivity index (χ0v) is 12.4. The molecule has 3 rings (SSSR count). The number of carboxylic acids is 1. The molecular formula is C18H17ClO2. The van der Waals surface area contributed by atoms with Crippen molar-refractivity contribution in [2.75, 3.05) is 0 Å². The van der Waals surface area contributed by atoms with Crippen LogP contribution in [0.4, 0.5) is 0 Å². The molecule has 1 saturated carbocycles. The molecule has 2 nitrogen and oxygen atoms in total. The maximum Gasteiger partial charge on any atom is 0.307 e. The Morgan fingerprint density at radius 2 is 1.52 bits per heavy atom. The predicted octanol–water partition coefficient (Wildman–Crippen LogP) is 4.98. The Hall–Kier alpha value is -1.80. The van der Waals surface area contributed by atoms with Crippen molar-refractivity contribution < 1.29 is 9.90 Å². The van der Waals surface area contributed by atoms with Crippen LogP contribution in [0.1, 0.15) is 30.7 Å². The van der Waals surface area contributed by atoms with Crippen LogP contribution in [0.2, 0.25) is 5.02 Å². The third kappa shape index (κ3) is 2.96. The molecule has 0 aliphatic heterocycles. The third-order valence-electron chi connectivity index (χ3n) is 4.35. The minimum atomic E-state index is -0.667. The Labute approximate surface area is 129 Å². The fourth-order valence-corrected chi connectivity index (χ4v) is 3.35. The van der Waals surface area contributed by atoms with Crippen molar-refractivity contribution >= 4 is 17.6 Å². The van der Waals surface area contributed by atoms with Crippen LogP contribution in [0.5, 0.6) is 0 Å². The summed E-state index contributed by atoms with van der Waals surface area (Å²) in [4.78, 5) is 11.3. The Bertz CT molecular complexity index is 631. The Morgan fingerprint density at radius 3 is 2.10 bits per heavy atom. The van der Waals surface area contributed by atoms with Gasteiger partial charge in [-0.3, -0.25) is 4.79 Å². The molecule has 1 fully saturated rings. The van der Waals surface area contributed by atoms with Gasteiger partial charge in [0.1, 0.15) is 0 Å². The quantitative estimate of drug-likeness (QED) is 0.868. The summed E-state index contributed by atoms with van der Waals surface area (Å²) in [6.45, 7) is 0. The zero-order chi connectivity index (χ0) is 14.8. The molecule has 2 unspecified atom stereocenters. The number of carbonyl (C=O) groups is 1. The molecule has 108 valence electrons. The van der Waals surface area contributed by atoms with Crippen LogP contribution >= 0.6 is 11.6 Å². The van der Waals surface area contributed by atoms with Gasteiger partial charge in [0.25, 0.3) is 0 Å². The van der Waals surface area contributed by atoms with Crippen molar-refractivity contribution in [1.82, 2.24) is 0 Å². The van der Waals surface area contributed by atoms with E-state index < -0.39 is 5.97 Å². The molecule has 0 saturated heterocycles. The number of hydrogen-bond donors (Lipinski definition) is 1. The highest BCUT2D eigenvalue weighted by atomic mass is 35.5. The van der Waals surface area contributed by atoms with Gasteiger partial charge < -0.3 is 5.11 Å². The molecule has 0 spiro atoms. The van der Waals surface area contributed by atoms with E-state index >= 15 is 0 Å². The fourth-order valence-electron chi connectivity index (χ4n) is 3.22. The fraction of sp³-hybridized carbons (Fsp3) is 0.278. The van der Waals surface area contributed by atoms with E-state index in [4.69, 9.17) is 11.6 Å². The van der Waals surface area contributed by atoms with Gasteiger partial charge in [-0.25, -0.2) is 0 Å². The molecule has 0 radical (unpaired) electrons. The maximum absolute atomic E-state index is 11.3. The van der Waals surface area contributed by atoms with Gasteiger partial charge in [0.15, 0.2) is 0 Å². The molecule has 1 N–H and O–H groups in total. The van der Waals surface area contributed by atoms with Crippen LogP contribution in [0, 0.1) is 5.92 Å². The first kappa shape index (κ1) is 14.2. The molecule has 0 amide bonds. The standard InChI is InChI=1S/C18H17ClO2/c19-15-10-8-13(9-11-15)12-4-6-14(7-5-12)16-2-1-3-17(16)18(20)21/h4-11,16-17H,1-3H2,(H,20,21). The molecule has 0 bridgehead atoms. The summed E-state index contributed by atoms with van der Waals surface area (Å²) in [7, 11) is 0. The first-order chi connectivity index (χ1) is 10.1. The van der Waals surface area contributed by atoms with Crippen molar-refractivity contribution in [2.24, 2.45) is 5.92 Å². The van der Waals surface area contributed by atoms with Gasteiger partial charge in [-0.1, -0.05) is 54.4 Å². The van der Waals surface area contributed by atoms with Gasteiger partial charge in [0, 0.05) is 5.02 Å². The van der Waals surface area contributed by atoms with Crippen LogP contribution in [-0.2, 0) is 4.79 Å². The van der Waals surface area contributed by atoms with Gasteiger partial charge in [0.2, 0.25) is 0 Å². The van der Waals surface area contributed by atoms with Gasteiger partial charge >= 0.3 is 5.97 Å². The largest absolute Gasteiger partial charge is 0.481 e. The van der Waals surface area contributed by atoms with Crippen LogP contribution in [0.3, 0.4) is 0 Å². The van der Waals surface area contributed by atoms with Crippen molar-refractivity contribution in [1.29, 1.82) is 0 Å². The van der Waals surface area contributed by atoms with E-state index in [0.29, 0.717) is 0 Å². The molecule has 21 heavy (non-hydrogen) atoms. The summed E-state index contributed by atoms with van der Waals surface area (Å²) < 4.78 is 0. The number of rotatable bonds is 3. The summed E-state index contributed by atoms with van der Waals surface area (Å²) in [6.07, 6.45) is 2.76. The van der Waals surface area contributed by atoms with Crippen LogP contribution in [-0.4, -0.2) is 11.1 Å². The summed E-state index contributed by atoms with van der Waals surface area (Å²) in [5, 5.41) is 10.0. The second kappa shape index (κ2) is 5.90. The minimum Gasteiger partial charge on any atom is -0.481 e. The van der Waals surface area contributed by atoms with E-state index in [-0.39, 0.29) is 11.8 Å². The summed E-state index contributed by atoms with van der Waals surface area (Å²) >= 11 is 5.90. The van der Waals surface area contributed by atoms with E-state index in [9.17, 15) is 9.90 Å². The molecule has 3 heteroatoms. The Morgan fingerprint density at radius 1 is 0.952 bits per heavy atom. The highest BCUT2D eigenvalue weighted by molar-refractivity contribution is 6.30. The lowest BCUT2D eigenvalue weighted by atomic mass is 9.88. The number of halogens is 1. The van der Waals surface area contributed by atoms with Crippen molar-refractivity contribution in [3.63, 3.8) is 0 Å². The van der Waals surface area contributed by atoms with Crippen LogP contribution in [0.15, 0.2) is 48.5 Å². The van der Waals surface area contributed by atoms with Crippen LogP contribution in [0.25, 0.3) is 11.1 Å². The monoisotopic (exact) mass is 300 g/mol. The Kier molecular flexibility index (Phi) is 3.98. The summed E-state index contributed by atoms with van der Waals surface area (Å²) in [5.41, 5.74) is 3.38. The van der Waals surface area contributed by atoms with Crippen LogP contribution < -0.4 is 0 Å². The second-order valence-electron chi connectivity index (χ2n) is 5.61. The average Bonchev–Trinajstić information content (AvgIpc) is 2.98. The lowest BCUT2D eigenvalue weighted by molar-refractivity contribution is -0.142. The molecule has 1 aliphatic rings. The normalized spacial score (nSPS) is 21.4. The van der Waals surface area contributed by atoms with E-state index in [0.717, 1.165) is 41.0 Å². The lowest BCUT2D eigenvalue weighted by Crippen LogP contribution is -2.16. The number of carboxylic acid groups (broad SMARTS) is 1. The molecule has 2 aromatic carbocycles. The average molecular weight is 301 g/mol. The van der Waals surface area contributed by atoms with E-state index in [1.54, 1.807) is 0 Å². The van der Waals surface area contributed by atoms with Gasteiger partial charge in [-0.15, -0.1) is 0 Å². The first-order valence-corrected chi connectivity index (χ1v) is 7.61. The molecular weight excluding hydrogens is 284 g/mol. The SMILES string of the molecule is O=C(O)C1CCCC1c1ccc(-c2ccc(Cl)cc2)cc1. The highest BCUT2D eigenvalue weighted by Crippen LogP contribution is 2.40. The predicted molar refractivity (Wildman–Crippen MR) is 84.6 cm³/mol. The molecule has 2 aromatic rings. The van der Waals surface area contributed by atoms with E-state index in [2.05, 4.69) is 24.3 Å². The topological polar surface area (TPSA) is 37.3 Å². The maximum atomic E-state index is 11.3. The third-order valence-corrected chi connectivity index (χ3v) is 4.60. The zero-order valence-electron chi connectivity index (χ0n) is 11.6. The van der Waals surface area contributed by atoms with E-state index in [1.165, 1.54) is 0 Å². The molecule has 0 aromatic heterocycles. The van der Waals surface area contributed by atoms with Gasteiger partial charge in [0.05, 0.1) is 5.92 Å². The summed E-state index contributed by atoms with van der Waals surface area (Å²) in [5.74, 6) is -0.743. The second-order valence-corrected chi connectivity index (χ2v) is 6.05. The highest BCUT2D eigenvalue weighted by Gasteiger charge is 2.33. The number of hydrogen-bond acceptors (Lipinski definition) is 1.